The van der Waals surface area contributed by atoms with Crippen molar-refractivity contribution in [1.82, 2.24) is 4.90 Å². The van der Waals surface area contributed by atoms with Crippen LogP contribution in [0, 0.1) is 5.82 Å². The lowest BCUT2D eigenvalue weighted by atomic mass is 10.1. The number of hydrogen-bond donors (Lipinski definition) is 0. The van der Waals surface area contributed by atoms with Crippen LogP contribution >= 0.6 is 0 Å². The highest BCUT2D eigenvalue weighted by atomic mass is 32.2. The van der Waals surface area contributed by atoms with Crippen molar-refractivity contribution in [2.24, 2.45) is 0 Å². The smallest absolute Gasteiger partial charge is 0.240 e. The second-order valence-corrected chi connectivity index (χ2v) is 7.53. The minimum atomic E-state index is -3.42. The van der Waals surface area contributed by atoms with Gasteiger partial charge in [-0.05, 0) is 24.6 Å². The molecule has 0 saturated carbocycles. The van der Waals surface area contributed by atoms with Gasteiger partial charge in [0.2, 0.25) is 5.91 Å². The summed E-state index contributed by atoms with van der Waals surface area (Å²) in [5, 5.41) is -1.07. The van der Waals surface area contributed by atoms with Gasteiger partial charge in [-0.25, -0.2) is 12.8 Å². The van der Waals surface area contributed by atoms with Gasteiger partial charge in [0, 0.05) is 12.8 Å². The molecule has 116 valence electrons. The first-order valence-electron chi connectivity index (χ1n) is 6.64. The quantitative estimate of drug-likeness (QED) is 0.839. The van der Waals surface area contributed by atoms with E-state index in [1.165, 1.54) is 24.0 Å². The Morgan fingerprint density at radius 3 is 2.57 bits per heavy atom. The van der Waals surface area contributed by atoms with Crippen molar-refractivity contribution in [2.75, 3.05) is 26.0 Å². The van der Waals surface area contributed by atoms with E-state index in [4.69, 9.17) is 4.74 Å². The van der Waals surface area contributed by atoms with Crippen molar-refractivity contribution in [3.63, 3.8) is 0 Å². The fourth-order valence-corrected chi connectivity index (χ4v) is 2.68. The van der Waals surface area contributed by atoms with Gasteiger partial charge in [-0.2, -0.15) is 0 Å². The number of sulfone groups is 1. The fraction of sp³-hybridized carbons (Fsp3) is 0.500. The lowest BCUT2D eigenvalue weighted by molar-refractivity contribution is -0.138. The van der Waals surface area contributed by atoms with Gasteiger partial charge in [0.05, 0.1) is 13.2 Å². The maximum Gasteiger partial charge on any atom is 0.240 e. The Morgan fingerprint density at radius 1 is 1.38 bits per heavy atom. The Bertz CT molecular complexity index is 614. The van der Waals surface area contributed by atoms with Crippen molar-refractivity contribution in [3.05, 3.63) is 35.6 Å². The molecule has 2 rings (SSSR count). The number of benzene rings is 1. The maximum atomic E-state index is 12.9. The normalized spacial score (nSPS) is 21.1. The molecule has 0 aliphatic carbocycles. The van der Waals surface area contributed by atoms with Crippen LogP contribution in [0.3, 0.4) is 0 Å². The topological polar surface area (TPSA) is 63.7 Å². The molecule has 5 nitrogen and oxygen atoms in total. The SMILES string of the molecule is C[C@H](C(=O)N1CCO[C@H](c2ccc(F)cc2)C1)S(C)(=O)=O. The second-order valence-electron chi connectivity index (χ2n) is 5.17. The number of amides is 1. The maximum absolute atomic E-state index is 12.9. The highest BCUT2D eigenvalue weighted by Crippen LogP contribution is 2.23. The number of halogens is 1. The molecule has 0 unspecified atom stereocenters. The van der Waals surface area contributed by atoms with E-state index in [-0.39, 0.29) is 18.5 Å². The van der Waals surface area contributed by atoms with Crippen LogP contribution in [-0.2, 0) is 19.4 Å². The van der Waals surface area contributed by atoms with Crippen LogP contribution in [0.25, 0.3) is 0 Å². The van der Waals surface area contributed by atoms with Crippen LogP contribution in [-0.4, -0.2) is 50.4 Å². The number of nitrogens with zero attached hydrogens (tertiary/aromatic N) is 1. The van der Waals surface area contributed by atoms with Gasteiger partial charge in [-0.1, -0.05) is 12.1 Å². The molecule has 1 saturated heterocycles. The number of carbonyl (C=O) groups is 1. The third-order valence-electron chi connectivity index (χ3n) is 3.61. The molecule has 0 aromatic heterocycles. The van der Waals surface area contributed by atoms with Gasteiger partial charge in [0.25, 0.3) is 0 Å². The molecule has 1 fully saturated rings. The monoisotopic (exact) mass is 315 g/mol. The zero-order chi connectivity index (χ0) is 15.6. The van der Waals surface area contributed by atoms with E-state index in [9.17, 15) is 17.6 Å². The molecule has 1 aromatic carbocycles. The van der Waals surface area contributed by atoms with Crippen molar-refractivity contribution < 1.29 is 22.3 Å². The Morgan fingerprint density at radius 2 is 2.00 bits per heavy atom. The summed E-state index contributed by atoms with van der Waals surface area (Å²) in [5.41, 5.74) is 0.765. The molecule has 1 heterocycles. The summed E-state index contributed by atoms with van der Waals surface area (Å²) in [6, 6.07) is 5.87. The van der Waals surface area contributed by atoms with E-state index in [1.54, 1.807) is 12.1 Å². The van der Waals surface area contributed by atoms with Gasteiger partial charge >= 0.3 is 0 Å². The number of carbonyl (C=O) groups excluding carboxylic acids is 1. The minimum absolute atomic E-state index is 0.268. The first kappa shape index (κ1) is 15.9. The summed E-state index contributed by atoms with van der Waals surface area (Å²) >= 11 is 0. The van der Waals surface area contributed by atoms with Crippen molar-refractivity contribution in [1.29, 1.82) is 0 Å². The Hall–Kier alpha value is -1.47. The molecular formula is C14H18FNO4S. The fourth-order valence-electron chi connectivity index (χ4n) is 2.17. The van der Waals surface area contributed by atoms with Crippen LogP contribution < -0.4 is 0 Å². The van der Waals surface area contributed by atoms with Gasteiger partial charge in [0.1, 0.15) is 17.2 Å². The third-order valence-corrected chi connectivity index (χ3v) is 5.10. The standard InChI is InChI=1S/C14H18FNO4S/c1-10(21(2,18)19)14(17)16-7-8-20-13(9-16)11-3-5-12(15)6-4-11/h3-6,10,13H,7-9H2,1-2H3/t10-,13+/m1/s1. The van der Waals surface area contributed by atoms with Gasteiger partial charge in [0.15, 0.2) is 9.84 Å². The van der Waals surface area contributed by atoms with Crippen LogP contribution in [0.4, 0.5) is 4.39 Å². The van der Waals surface area contributed by atoms with E-state index < -0.39 is 21.0 Å². The van der Waals surface area contributed by atoms with Crippen LogP contribution in [0.15, 0.2) is 24.3 Å². The van der Waals surface area contributed by atoms with E-state index >= 15 is 0 Å². The number of hydrogen-bond acceptors (Lipinski definition) is 4. The molecular weight excluding hydrogens is 297 g/mol. The summed E-state index contributed by atoms with van der Waals surface area (Å²) in [5.74, 6) is -0.763. The largest absolute Gasteiger partial charge is 0.370 e. The highest BCUT2D eigenvalue weighted by molar-refractivity contribution is 7.92. The Balaban J connectivity index is 2.10. The molecule has 1 amide bonds. The molecule has 21 heavy (non-hydrogen) atoms. The molecule has 1 aliphatic heterocycles. The zero-order valence-electron chi connectivity index (χ0n) is 12.0. The lowest BCUT2D eigenvalue weighted by Gasteiger charge is -2.34. The number of rotatable bonds is 3. The first-order valence-corrected chi connectivity index (χ1v) is 8.59. The zero-order valence-corrected chi connectivity index (χ0v) is 12.8. The number of morpholine rings is 1. The molecule has 0 radical (unpaired) electrons. The lowest BCUT2D eigenvalue weighted by Crippen LogP contribution is -2.47. The predicted molar refractivity (Wildman–Crippen MR) is 76.0 cm³/mol. The van der Waals surface area contributed by atoms with Crippen LogP contribution in [0.5, 0.6) is 0 Å². The Labute approximate surface area is 123 Å². The average molecular weight is 315 g/mol. The summed E-state index contributed by atoms with van der Waals surface area (Å²) in [4.78, 5) is 13.7. The highest BCUT2D eigenvalue weighted by Gasteiger charge is 2.32. The van der Waals surface area contributed by atoms with Gasteiger partial charge in [-0.3, -0.25) is 4.79 Å². The summed E-state index contributed by atoms with van der Waals surface area (Å²) in [7, 11) is -3.42. The van der Waals surface area contributed by atoms with Crippen LogP contribution in [0.2, 0.25) is 0 Å². The summed E-state index contributed by atoms with van der Waals surface area (Å²) < 4.78 is 41.5. The van der Waals surface area contributed by atoms with E-state index in [0.717, 1.165) is 11.8 Å². The van der Waals surface area contributed by atoms with Gasteiger partial charge < -0.3 is 9.64 Å². The Kier molecular flexibility index (Phi) is 4.63. The van der Waals surface area contributed by atoms with Crippen molar-refractivity contribution in [3.8, 4) is 0 Å². The summed E-state index contributed by atoms with van der Waals surface area (Å²) in [6.07, 6.45) is 0.683. The van der Waals surface area contributed by atoms with Crippen molar-refractivity contribution >= 4 is 15.7 Å². The first-order chi connectivity index (χ1) is 9.79. The molecule has 7 heteroatoms. The molecule has 1 aromatic rings. The third kappa shape index (κ3) is 3.79. The summed E-state index contributed by atoms with van der Waals surface area (Å²) in [6.45, 7) is 2.34. The molecule has 1 aliphatic rings. The molecule has 0 N–H and O–H groups in total. The van der Waals surface area contributed by atoms with Crippen LogP contribution in [0.1, 0.15) is 18.6 Å². The molecule has 0 bridgehead atoms. The van der Waals surface area contributed by atoms with E-state index in [1.807, 2.05) is 0 Å². The molecule has 2 atom stereocenters. The second kappa shape index (κ2) is 6.11. The number of ether oxygens (including phenoxy) is 1. The minimum Gasteiger partial charge on any atom is -0.370 e. The van der Waals surface area contributed by atoms with Crippen molar-refractivity contribution in [2.45, 2.75) is 18.3 Å². The van der Waals surface area contributed by atoms with E-state index in [2.05, 4.69) is 0 Å². The van der Waals surface area contributed by atoms with E-state index in [0.29, 0.717) is 13.2 Å². The predicted octanol–water partition coefficient (Wildman–Crippen LogP) is 1.16. The average Bonchev–Trinajstić information content (AvgIpc) is 2.45. The molecule has 0 spiro atoms. The van der Waals surface area contributed by atoms with Gasteiger partial charge in [-0.15, -0.1) is 0 Å².